The van der Waals surface area contributed by atoms with E-state index in [1.807, 2.05) is 60.7 Å². The third-order valence-corrected chi connectivity index (χ3v) is 5.33. The lowest BCUT2D eigenvalue weighted by Crippen LogP contribution is -2.27. The van der Waals surface area contributed by atoms with Crippen LogP contribution in [-0.2, 0) is 11.8 Å². The number of nitrogens with zero attached hydrogens (tertiary/aromatic N) is 6. The van der Waals surface area contributed by atoms with Crippen molar-refractivity contribution in [2.45, 2.75) is 5.16 Å². The second kappa shape index (κ2) is 8.27. The van der Waals surface area contributed by atoms with Crippen LogP contribution in [0.5, 0.6) is 0 Å². The Morgan fingerprint density at radius 1 is 1.07 bits per heavy atom. The Labute approximate surface area is 171 Å². The fraction of sp³-hybridized carbons (Fsp3) is 0.150. The van der Waals surface area contributed by atoms with Crippen molar-refractivity contribution in [3.8, 4) is 23.1 Å². The number of rotatable bonds is 6. The van der Waals surface area contributed by atoms with Crippen molar-refractivity contribution in [2.24, 2.45) is 7.05 Å². The van der Waals surface area contributed by atoms with Crippen molar-refractivity contribution in [1.29, 1.82) is 0 Å². The first-order valence-corrected chi connectivity index (χ1v) is 9.85. The van der Waals surface area contributed by atoms with Crippen LogP contribution in [-0.4, -0.2) is 43.6 Å². The molecule has 0 atom stereocenters. The van der Waals surface area contributed by atoms with Crippen LogP contribution in [0.2, 0.25) is 0 Å². The smallest absolute Gasteiger partial charge is 0.296 e. The Morgan fingerprint density at radius 2 is 1.76 bits per heavy atom. The van der Waals surface area contributed by atoms with Crippen molar-refractivity contribution >= 4 is 23.4 Å². The van der Waals surface area contributed by atoms with Gasteiger partial charge in [0.2, 0.25) is 17.6 Å². The molecule has 0 aliphatic carbocycles. The van der Waals surface area contributed by atoms with E-state index in [4.69, 9.17) is 4.52 Å². The molecule has 9 heteroatoms. The van der Waals surface area contributed by atoms with Gasteiger partial charge in [-0.25, -0.2) is 0 Å². The highest BCUT2D eigenvalue weighted by molar-refractivity contribution is 7.99. The van der Waals surface area contributed by atoms with E-state index in [1.165, 1.54) is 11.8 Å². The third-order valence-electron chi connectivity index (χ3n) is 4.33. The number of para-hydroxylation sites is 1. The lowest BCUT2D eigenvalue weighted by atomic mass is 10.2. The molecule has 0 saturated carbocycles. The Kier molecular flexibility index (Phi) is 5.39. The maximum atomic E-state index is 12.5. The summed E-state index contributed by atoms with van der Waals surface area (Å²) in [5, 5.41) is 12.9. The molecule has 4 rings (SSSR count). The van der Waals surface area contributed by atoms with E-state index < -0.39 is 0 Å². The summed E-state index contributed by atoms with van der Waals surface area (Å²) in [6.45, 7) is 0. The maximum absolute atomic E-state index is 12.5. The molecular formula is C20H18N6O2S. The number of benzene rings is 2. The molecule has 0 aliphatic heterocycles. The molecule has 0 bridgehead atoms. The number of carbonyl (C=O) groups excluding carboxylic acids is 1. The van der Waals surface area contributed by atoms with E-state index in [0.29, 0.717) is 16.8 Å². The van der Waals surface area contributed by atoms with Gasteiger partial charge in [-0.15, -0.1) is 10.2 Å². The van der Waals surface area contributed by atoms with Gasteiger partial charge >= 0.3 is 0 Å². The molecule has 2 aromatic carbocycles. The minimum atomic E-state index is -0.0325. The second-order valence-electron chi connectivity index (χ2n) is 6.23. The number of hydrogen-bond donors (Lipinski definition) is 0. The SMILES string of the molecule is CN(C(=O)CSc1nnc(-c2nc(-c3ccccc3)no2)n1C)c1ccccc1. The van der Waals surface area contributed by atoms with Crippen molar-refractivity contribution in [2.75, 3.05) is 17.7 Å². The molecule has 29 heavy (non-hydrogen) atoms. The summed E-state index contributed by atoms with van der Waals surface area (Å²) < 4.78 is 7.09. The minimum Gasteiger partial charge on any atom is -0.330 e. The van der Waals surface area contributed by atoms with Crippen molar-refractivity contribution in [3.63, 3.8) is 0 Å². The lowest BCUT2D eigenvalue weighted by molar-refractivity contribution is -0.115. The van der Waals surface area contributed by atoms with Crippen LogP contribution in [0, 0.1) is 0 Å². The highest BCUT2D eigenvalue weighted by atomic mass is 32.2. The quantitative estimate of drug-likeness (QED) is 0.454. The van der Waals surface area contributed by atoms with Crippen LogP contribution in [0.4, 0.5) is 5.69 Å². The molecular weight excluding hydrogens is 388 g/mol. The molecule has 1 amide bonds. The highest BCUT2D eigenvalue weighted by Crippen LogP contribution is 2.24. The third kappa shape index (κ3) is 4.04. The van der Waals surface area contributed by atoms with Gasteiger partial charge in [0.1, 0.15) is 0 Å². The highest BCUT2D eigenvalue weighted by Gasteiger charge is 2.19. The van der Waals surface area contributed by atoms with Crippen LogP contribution in [0.25, 0.3) is 23.1 Å². The Hall–Kier alpha value is -3.46. The topological polar surface area (TPSA) is 89.9 Å². The van der Waals surface area contributed by atoms with E-state index in [9.17, 15) is 4.79 Å². The first-order chi connectivity index (χ1) is 14.1. The molecule has 4 aromatic rings. The second-order valence-corrected chi connectivity index (χ2v) is 7.17. The summed E-state index contributed by atoms with van der Waals surface area (Å²) in [5.74, 6) is 1.41. The Balaban J connectivity index is 1.45. The number of amides is 1. The van der Waals surface area contributed by atoms with E-state index >= 15 is 0 Å². The van der Waals surface area contributed by atoms with Gasteiger partial charge in [0.25, 0.3) is 5.89 Å². The molecule has 8 nitrogen and oxygen atoms in total. The molecule has 146 valence electrons. The summed E-state index contributed by atoms with van der Waals surface area (Å²) in [6.07, 6.45) is 0. The summed E-state index contributed by atoms with van der Waals surface area (Å²) >= 11 is 1.31. The minimum absolute atomic E-state index is 0.0325. The summed E-state index contributed by atoms with van der Waals surface area (Å²) in [6, 6.07) is 19.0. The first-order valence-electron chi connectivity index (χ1n) is 8.87. The summed E-state index contributed by atoms with van der Waals surface area (Å²) in [7, 11) is 3.55. The number of aromatic nitrogens is 5. The molecule has 0 N–H and O–H groups in total. The largest absolute Gasteiger partial charge is 0.330 e. The number of hydrogen-bond acceptors (Lipinski definition) is 7. The molecule has 0 saturated heterocycles. The normalized spacial score (nSPS) is 10.8. The Bertz CT molecular complexity index is 1110. The average molecular weight is 406 g/mol. The average Bonchev–Trinajstić information content (AvgIpc) is 3.39. The van der Waals surface area contributed by atoms with Gasteiger partial charge in [0, 0.05) is 25.3 Å². The summed E-state index contributed by atoms with van der Waals surface area (Å²) in [5.41, 5.74) is 1.70. The zero-order valence-electron chi connectivity index (χ0n) is 15.9. The van der Waals surface area contributed by atoms with Gasteiger partial charge in [-0.3, -0.25) is 4.79 Å². The van der Waals surface area contributed by atoms with Gasteiger partial charge < -0.3 is 14.0 Å². The van der Waals surface area contributed by atoms with E-state index in [2.05, 4.69) is 20.3 Å². The van der Waals surface area contributed by atoms with Crippen LogP contribution in [0.15, 0.2) is 70.3 Å². The molecule has 0 fully saturated rings. The maximum Gasteiger partial charge on any atom is 0.296 e. The van der Waals surface area contributed by atoms with E-state index in [1.54, 1.807) is 23.6 Å². The molecule has 0 aliphatic rings. The van der Waals surface area contributed by atoms with Gasteiger partial charge in [-0.1, -0.05) is 65.4 Å². The number of carbonyl (C=O) groups is 1. The van der Waals surface area contributed by atoms with Crippen LogP contribution >= 0.6 is 11.8 Å². The molecule has 0 unspecified atom stereocenters. The predicted octanol–water partition coefficient (Wildman–Crippen LogP) is 3.29. The van der Waals surface area contributed by atoms with Crippen LogP contribution < -0.4 is 4.90 Å². The van der Waals surface area contributed by atoms with E-state index in [0.717, 1.165) is 11.3 Å². The van der Waals surface area contributed by atoms with Gasteiger partial charge in [0.15, 0.2) is 5.16 Å². The zero-order valence-corrected chi connectivity index (χ0v) is 16.7. The van der Waals surface area contributed by atoms with E-state index in [-0.39, 0.29) is 17.6 Å². The number of anilines is 1. The predicted molar refractivity (Wildman–Crippen MR) is 110 cm³/mol. The molecule has 2 aromatic heterocycles. The fourth-order valence-electron chi connectivity index (χ4n) is 2.66. The standard InChI is InChI=1S/C20H18N6O2S/c1-25(15-11-7-4-8-12-15)16(27)13-29-20-23-22-18(26(20)2)19-21-17(24-28-19)14-9-5-3-6-10-14/h3-12H,13H2,1-2H3. The van der Waals surface area contributed by atoms with Gasteiger partial charge in [-0.05, 0) is 12.1 Å². The first kappa shape index (κ1) is 18.9. The van der Waals surface area contributed by atoms with Crippen molar-refractivity contribution in [1.82, 2.24) is 24.9 Å². The van der Waals surface area contributed by atoms with Crippen molar-refractivity contribution in [3.05, 3.63) is 60.7 Å². The van der Waals surface area contributed by atoms with Crippen LogP contribution in [0.3, 0.4) is 0 Å². The number of thioether (sulfide) groups is 1. The fourth-order valence-corrected chi connectivity index (χ4v) is 3.49. The molecule has 2 heterocycles. The van der Waals surface area contributed by atoms with Crippen molar-refractivity contribution < 1.29 is 9.32 Å². The molecule has 0 radical (unpaired) electrons. The van der Waals surface area contributed by atoms with Gasteiger partial charge in [0.05, 0.1) is 5.75 Å². The lowest BCUT2D eigenvalue weighted by Gasteiger charge is -2.16. The molecule has 0 spiro atoms. The Morgan fingerprint density at radius 3 is 2.48 bits per heavy atom. The van der Waals surface area contributed by atoms with Crippen LogP contribution in [0.1, 0.15) is 0 Å². The zero-order chi connectivity index (χ0) is 20.2. The summed E-state index contributed by atoms with van der Waals surface area (Å²) in [4.78, 5) is 18.5. The monoisotopic (exact) mass is 406 g/mol. The van der Waals surface area contributed by atoms with Gasteiger partial charge in [-0.2, -0.15) is 4.98 Å².